The topological polar surface area (TPSA) is 3.24 Å². The SMILES string of the molecule is C=CCN1CC(c2ccc(Br)cc2)C1. The Balaban J connectivity index is 1.93. The highest BCUT2D eigenvalue weighted by atomic mass is 79.9. The second-order valence-electron chi connectivity index (χ2n) is 3.76. The fraction of sp³-hybridized carbons (Fsp3) is 0.333. The van der Waals surface area contributed by atoms with E-state index in [0.29, 0.717) is 0 Å². The smallest absolute Gasteiger partial charge is 0.0175 e. The van der Waals surface area contributed by atoms with Gasteiger partial charge in [0.1, 0.15) is 0 Å². The lowest BCUT2D eigenvalue weighted by Gasteiger charge is -2.38. The molecule has 0 aromatic heterocycles. The monoisotopic (exact) mass is 251 g/mol. The van der Waals surface area contributed by atoms with Gasteiger partial charge in [-0.05, 0) is 17.7 Å². The minimum atomic E-state index is 0.725. The zero-order chi connectivity index (χ0) is 9.97. The van der Waals surface area contributed by atoms with E-state index in [2.05, 4.69) is 51.7 Å². The van der Waals surface area contributed by atoms with Crippen molar-refractivity contribution in [3.8, 4) is 0 Å². The molecule has 0 aliphatic carbocycles. The van der Waals surface area contributed by atoms with Crippen molar-refractivity contribution >= 4 is 15.9 Å². The van der Waals surface area contributed by atoms with Gasteiger partial charge in [0.25, 0.3) is 0 Å². The molecule has 0 amide bonds. The van der Waals surface area contributed by atoms with Crippen LogP contribution in [0, 0.1) is 0 Å². The molecule has 1 aromatic carbocycles. The summed E-state index contributed by atoms with van der Waals surface area (Å²) >= 11 is 3.45. The Morgan fingerprint density at radius 2 is 2.00 bits per heavy atom. The van der Waals surface area contributed by atoms with E-state index in [1.807, 2.05) is 6.08 Å². The van der Waals surface area contributed by atoms with Gasteiger partial charge in [-0.1, -0.05) is 34.1 Å². The molecule has 1 saturated heterocycles. The Hall–Kier alpha value is -0.600. The Kier molecular flexibility index (Phi) is 3.04. The van der Waals surface area contributed by atoms with Crippen molar-refractivity contribution in [3.63, 3.8) is 0 Å². The maximum absolute atomic E-state index is 3.74. The molecular formula is C12H14BrN. The molecule has 1 aliphatic rings. The fourth-order valence-electron chi connectivity index (χ4n) is 1.85. The predicted octanol–water partition coefficient (Wildman–Crippen LogP) is 3.03. The van der Waals surface area contributed by atoms with Crippen molar-refractivity contribution in [2.75, 3.05) is 19.6 Å². The summed E-state index contributed by atoms with van der Waals surface area (Å²) < 4.78 is 1.16. The van der Waals surface area contributed by atoms with Crippen LogP contribution in [0.15, 0.2) is 41.4 Å². The van der Waals surface area contributed by atoms with Crippen LogP contribution >= 0.6 is 15.9 Å². The van der Waals surface area contributed by atoms with E-state index in [4.69, 9.17) is 0 Å². The number of rotatable bonds is 3. The van der Waals surface area contributed by atoms with E-state index in [0.717, 1.165) is 16.9 Å². The quantitative estimate of drug-likeness (QED) is 0.747. The number of halogens is 1. The van der Waals surface area contributed by atoms with E-state index in [-0.39, 0.29) is 0 Å². The lowest BCUT2D eigenvalue weighted by Crippen LogP contribution is -2.44. The summed E-state index contributed by atoms with van der Waals surface area (Å²) in [5.41, 5.74) is 1.45. The molecule has 74 valence electrons. The van der Waals surface area contributed by atoms with Crippen LogP contribution in [0.4, 0.5) is 0 Å². The van der Waals surface area contributed by atoms with E-state index in [1.165, 1.54) is 18.7 Å². The van der Waals surface area contributed by atoms with Gasteiger partial charge in [0, 0.05) is 30.0 Å². The predicted molar refractivity (Wildman–Crippen MR) is 63.5 cm³/mol. The van der Waals surface area contributed by atoms with E-state index in [1.54, 1.807) is 0 Å². The average Bonchev–Trinajstić information content (AvgIpc) is 2.13. The molecule has 1 fully saturated rings. The first kappa shape index (κ1) is 9.94. The van der Waals surface area contributed by atoms with Crippen molar-refractivity contribution in [3.05, 3.63) is 47.0 Å². The molecule has 1 aromatic rings. The van der Waals surface area contributed by atoms with Crippen molar-refractivity contribution in [1.82, 2.24) is 4.90 Å². The van der Waals surface area contributed by atoms with Gasteiger partial charge in [-0.25, -0.2) is 0 Å². The van der Waals surface area contributed by atoms with Gasteiger partial charge < -0.3 is 0 Å². The van der Waals surface area contributed by atoms with Crippen molar-refractivity contribution in [2.24, 2.45) is 0 Å². The lowest BCUT2D eigenvalue weighted by molar-refractivity contribution is 0.167. The third-order valence-corrected chi connectivity index (χ3v) is 3.21. The van der Waals surface area contributed by atoms with Crippen molar-refractivity contribution in [2.45, 2.75) is 5.92 Å². The molecule has 0 N–H and O–H groups in total. The molecule has 1 nitrogen and oxygen atoms in total. The minimum Gasteiger partial charge on any atom is -0.298 e. The van der Waals surface area contributed by atoms with Crippen LogP contribution in [-0.4, -0.2) is 24.5 Å². The van der Waals surface area contributed by atoms with Gasteiger partial charge in [0.15, 0.2) is 0 Å². The molecule has 0 spiro atoms. The first-order chi connectivity index (χ1) is 6.79. The summed E-state index contributed by atoms with van der Waals surface area (Å²) in [7, 11) is 0. The average molecular weight is 252 g/mol. The minimum absolute atomic E-state index is 0.725. The zero-order valence-electron chi connectivity index (χ0n) is 8.12. The van der Waals surface area contributed by atoms with Crippen LogP contribution in [0.5, 0.6) is 0 Å². The zero-order valence-corrected chi connectivity index (χ0v) is 9.70. The maximum Gasteiger partial charge on any atom is 0.0175 e. The van der Waals surface area contributed by atoms with Gasteiger partial charge in [-0.3, -0.25) is 4.90 Å². The number of hydrogen-bond donors (Lipinski definition) is 0. The van der Waals surface area contributed by atoms with Gasteiger partial charge in [-0.2, -0.15) is 0 Å². The molecule has 0 saturated carbocycles. The summed E-state index contributed by atoms with van der Waals surface area (Å²) in [4.78, 5) is 2.40. The molecule has 0 bridgehead atoms. The summed E-state index contributed by atoms with van der Waals surface area (Å²) in [5, 5.41) is 0. The van der Waals surface area contributed by atoms with E-state index < -0.39 is 0 Å². The second-order valence-corrected chi connectivity index (χ2v) is 4.67. The largest absolute Gasteiger partial charge is 0.298 e. The molecule has 1 heterocycles. The van der Waals surface area contributed by atoms with Gasteiger partial charge in [-0.15, -0.1) is 6.58 Å². The molecular weight excluding hydrogens is 238 g/mol. The van der Waals surface area contributed by atoms with Gasteiger partial charge >= 0.3 is 0 Å². The third-order valence-electron chi connectivity index (χ3n) is 2.69. The van der Waals surface area contributed by atoms with Crippen LogP contribution in [0.1, 0.15) is 11.5 Å². The molecule has 14 heavy (non-hydrogen) atoms. The Morgan fingerprint density at radius 1 is 1.36 bits per heavy atom. The lowest BCUT2D eigenvalue weighted by atomic mass is 9.92. The van der Waals surface area contributed by atoms with Crippen LogP contribution < -0.4 is 0 Å². The van der Waals surface area contributed by atoms with Crippen LogP contribution in [0.2, 0.25) is 0 Å². The van der Waals surface area contributed by atoms with E-state index >= 15 is 0 Å². The van der Waals surface area contributed by atoms with Crippen molar-refractivity contribution < 1.29 is 0 Å². The maximum atomic E-state index is 3.74. The molecule has 1 aliphatic heterocycles. The van der Waals surface area contributed by atoms with E-state index in [9.17, 15) is 0 Å². The van der Waals surface area contributed by atoms with Crippen molar-refractivity contribution in [1.29, 1.82) is 0 Å². The highest BCUT2D eigenvalue weighted by molar-refractivity contribution is 9.10. The molecule has 0 radical (unpaired) electrons. The van der Waals surface area contributed by atoms with Crippen LogP contribution in [0.25, 0.3) is 0 Å². The van der Waals surface area contributed by atoms with Crippen LogP contribution in [-0.2, 0) is 0 Å². The second kappa shape index (κ2) is 4.28. The Bertz CT molecular complexity index is 312. The summed E-state index contributed by atoms with van der Waals surface area (Å²) in [5.74, 6) is 0.725. The summed E-state index contributed by atoms with van der Waals surface area (Å²) in [6, 6.07) is 8.65. The number of likely N-dealkylation sites (tertiary alicyclic amines) is 1. The molecule has 0 unspecified atom stereocenters. The highest BCUT2D eigenvalue weighted by Crippen LogP contribution is 2.27. The normalized spacial score (nSPS) is 17.8. The first-order valence-corrected chi connectivity index (χ1v) is 5.67. The van der Waals surface area contributed by atoms with Gasteiger partial charge in [0.05, 0.1) is 0 Å². The summed E-state index contributed by atoms with van der Waals surface area (Å²) in [6.45, 7) is 7.11. The Labute approximate surface area is 93.6 Å². The fourth-order valence-corrected chi connectivity index (χ4v) is 2.11. The van der Waals surface area contributed by atoms with Crippen LogP contribution in [0.3, 0.4) is 0 Å². The van der Waals surface area contributed by atoms with Gasteiger partial charge in [0.2, 0.25) is 0 Å². The number of hydrogen-bond acceptors (Lipinski definition) is 1. The number of nitrogens with zero attached hydrogens (tertiary/aromatic N) is 1. The highest BCUT2D eigenvalue weighted by Gasteiger charge is 2.26. The third kappa shape index (κ3) is 2.07. The molecule has 0 atom stereocenters. The number of benzene rings is 1. The standard InChI is InChI=1S/C12H14BrN/c1-2-7-14-8-11(9-14)10-3-5-12(13)6-4-10/h2-6,11H,1,7-9H2. The molecule has 2 rings (SSSR count). The summed E-state index contributed by atoms with van der Waals surface area (Å²) in [6.07, 6.45) is 1.97. The Morgan fingerprint density at radius 3 is 2.57 bits per heavy atom. The first-order valence-electron chi connectivity index (χ1n) is 4.88. The molecule has 2 heteroatoms.